The molecule has 0 bridgehead atoms. The van der Waals surface area contributed by atoms with E-state index in [1.54, 1.807) is 0 Å². The largest absolute Gasteiger partial charge is 0.392 e. The van der Waals surface area contributed by atoms with Crippen molar-refractivity contribution in [3.05, 3.63) is 41.6 Å². The third kappa shape index (κ3) is 1.22. The normalized spacial score (nSPS) is 15.5. The summed E-state index contributed by atoms with van der Waals surface area (Å²) in [6, 6.07) is 9.26. The van der Waals surface area contributed by atoms with Gasteiger partial charge in [0, 0.05) is 5.56 Å². The molecule has 0 saturated heterocycles. The smallest absolute Gasteiger partial charge is 0.313 e. The highest BCUT2D eigenvalue weighted by atomic mass is 16.2. The Morgan fingerprint density at radius 1 is 1.08 bits per heavy atom. The van der Waals surface area contributed by atoms with Gasteiger partial charge in [0.05, 0.1) is 0 Å². The molecule has 1 aliphatic heterocycles. The van der Waals surface area contributed by atoms with Gasteiger partial charge in [-0.25, -0.2) is 0 Å². The summed E-state index contributed by atoms with van der Waals surface area (Å²) in [6.07, 6.45) is 0. The van der Waals surface area contributed by atoms with E-state index in [9.17, 15) is 4.79 Å². The number of hydrogen-bond donors (Lipinski definition) is 1. The lowest BCUT2D eigenvalue weighted by molar-refractivity contribution is -0.114. The molecule has 4 heteroatoms. The molecule has 2 N–H and O–H groups in total. The van der Waals surface area contributed by atoms with E-state index in [2.05, 4.69) is 10.2 Å². The summed E-state index contributed by atoms with van der Waals surface area (Å²) >= 11 is 0. The summed E-state index contributed by atoms with van der Waals surface area (Å²) in [4.78, 5) is 10.9. The maximum absolute atomic E-state index is 10.9. The van der Waals surface area contributed by atoms with Crippen LogP contribution in [-0.2, 0) is 4.79 Å². The second-order valence-electron chi connectivity index (χ2n) is 2.63. The minimum Gasteiger partial charge on any atom is -0.392 e. The van der Waals surface area contributed by atoms with Gasteiger partial charge in [-0.1, -0.05) is 30.3 Å². The van der Waals surface area contributed by atoms with Crippen LogP contribution in [0.1, 0.15) is 5.56 Å². The number of rotatable bonds is 1. The van der Waals surface area contributed by atoms with Gasteiger partial charge < -0.3 is 5.73 Å². The molecule has 1 aliphatic rings. The lowest BCUT2D eigenvalue weighted by atomic mass is 10.1. The van der Waals surface area contributed by atoms with Gasteiger partial charge in [-0.05, 0) is 0 Å². The van der Waals surface area contributed by atoms with Crippen molar-refractivity contribution in [3.63, 3.8) is 0 Å². The number of azo groups is 1. The van der Waals surface area contributed by atoms with E-state index in [1.807, 2.05) is 30.3 Å². The number of hydrogen-bond acceptors (Lipinski definition) is 3. The number of carbonyl (C=O) groups excluding carboxylic acids is 1. The predicted molar refractivity (Wildman–Crippen MR) is 47.4 cm³/mol. The Morgan fingerprint density at radius 2 is 1.77 bits per heavy atom. The first-order valence-corrected chi connectivity index (χ1v) is 3.80. The highest BCUT2D eigenvalue weighted by Crippen LogP contribution is 2.23. The molecule has 0 fully saturated rings. The minimum absolute atomic E-state index is 0.117. The zero-order valence-electron chi connectivity index (χ0n) is 6.77. The minimum atomic E-state index is -0.459. The molecule has 0 atom stereocenters. The number of nitrogens with zero attached hydrogens (tertiary/aromatic N) is 2. The van der Waals surface area contributed by atoms with Crippen LogP contribution in [0.15, 0.2) is 46.3 Å². The van der Waals surface area contributed by atoms with Crippen molar-refractivity contribution in [3.8, 4) is 0 Å². The second-order valence-corrected chi connectivity index (χ2v) is 2.63. The van der Waals surface area contributed by atoms with Gasteiger partial charge in [0.1, 0.15) is 11.4 Å². The third-order valence-electron chi connectivity index (χ3n) is 1.77. The van der Waals surface area contributed by atoms with Crippen LogP contribution in [0.4, 0.5) is 0 Å². The van der Waals surface area contributed by atoms with Crippen molar-refractivity contribution >= 4 is 11.6 Å². The number of benzene rings is 1. The van der Waals surface area contributed by atoms with E-state index >= 15 is 0 Å². The summed E-state index contributed by atoms with van der Waals surface area (Å²) in [5.74, 6) is -0.459. The molecular weight excluding hydrogens is 166 g/mol. The fourth-order valence-electron chi connectivity index (χ4n) is 1.11. The van der Waals surface area contributed by atoms with Crippen molar-refractivity contribution in [2.75, 3.05) is 0 Å². The molecule has 0 aliphatic carbocycles. The van der Waals surface area contributed by atoms with Gasteiger partial charge in [-0.15, -0.1) is 10.2 Å². The molecular formula is C9H7N3O. The summed E-state index contributed by atoms with van der Waals surface area (Å²) in [7, 11) is 0. The van der Waals surface area contributed by atoms with Crippen molar-refractivity contribution in [2.24, 2.45) is 16.0 Å². The molecule has 0 radical (unpaired) electrons. The van der Waals surface area contributed by atoms with Crippen LogP contribution in [0.3, 0.4) is 0 Å². The Labute approximate surface area is 74.8 Å². The zero-order valence-corrected chi connectivity index (χ0v) is 6.77. The highest BCUT2D eigenvalue weighted by molar-refractivity contribution is 6.03. The summed E-state index contributed by atoms with van der Waals surface area (Å²) in [5.41, 5.74) is 6.89. The van der Waals surface area contributed by atoms with Crippen molar-refractivity contribution in [1.29, 1.82) is 0 Å². The quantitative estimate of drug-likeness (QED) is 0.695. The molecule has 1 aromatic carbocycles. The maximum Gasteiger partial charge on any atom is 0.313 e. The number of nitrogens with two attached hydrogens (primary N) is 1. The van der Waals surface area contributed by atoms with Crippen molar-refractivity contribution in [2.45, 2.75) is 0 Å². The monoisotopic (exact) mass is 173 g/mol. The first kappa shape index (κ1) is 7.67. The fraction of sp³-hybridized carbons (Fsp3) is 0. The van der Waals surface area contributed by atoms with Crippen LogP contribution in [-0.4, -0.2) is 5.91 Å². The second kappa shape index (κ2) is 2.82. The van der Waals surface area contributed by atoms with E-state index in [0.717, 1.165) is 5.56 Å². The third-order valence-corrected chi connectivity index (χ3v) is 1.77. The summed E-state index contributed by atoms with van der Waals surface area (Å²) < 4.78 is 0. The Balaban J connectivity index is 2.50. The van der Waals surface area contributed by atoms with Gasteiger partial charge in [-0.2, -0.15) is 0 Å². The van der Waals surface area contributed by atoms with Crippen LogP contribution in [0, 0.1) is 0 Å². The molecule has 2 rings (SSSR count). The maximum atomic E-state index is 10.9. The SMILES string of the molecule is NC1=C(c2ccccc2)N=NC1=O. The average Bonchev–Trinajstić information content (AvgIpc) is 2.49. The Morgan fingerprint density at radius 3 is 2.31 bits per heavy atom. The average molecular weight is 173 g/mol. The molecule has 1 aromatic rings. The first-order valence-electron chi connectivity index (χ1n) is 3.80. The lowest BCUT2D eigenvalue weighted by Gasteiger charge is -1.96. The van der Waals surface area contributed by atoms with Crippen LogP contribution in [0.5, 0.6) is 0 Å². The lowest BCUT2D eigenvalue weighted by Crippen LogP contribution is -2.06. The molecule has 0 aromatic heterocycles. The van der Waals surface area contributed by atoms with Gasteiger partial charge in [0.25, 0.3) is 0 Å². The fourth-order valence-corrected chi connectivity index (χ4v) is 1.11. The number of amides is 1. The highest BCUT2D eigenvalue weighted by Gasteiger charge is 2.18. The van der Waals surface area contributed by atoms with Crippen LogP contribution >= 0.6 is 0 Å². The van der Waals surface area contributed by atoms with E-state index in [4.69, 9.17) is 5.73 Å². The van der Waals surface area contributed by atoms with Crippen molar-refractivity contribution in [1.82, 2.24) is 0 Å². The summed E-state index contributed by atoms with van der Waals surface area (Å²) in [5, 5.41) is 7.06. The molecule has 13 heavy (non-hydrogen) atoms. The Bertz CT molecular complexity index is 406. The standard InChI is InChI=1S/C9H7N3O/c10-7-8(11-12-9(7)13)6-4-2-1-3-5-6/h1-5H,(H2,10,12,13). The molecule has 1 heterocycles. The van der Waals surface area contributed by atoms with Crippen LogP contribution < -0.4 is 5.73 Å². The van der Waals surface area contributed by atoms with E-state index < -0.39 is 5.91 Å². The van der Waals surface area contributed by atoms with Crippen LogP contribution in [0.25, 0.3) is 5.70 Å². The summed E-state index contributed by atoms with van der Waals surface area (Å²) in [6.45, 7) is 0. The van der Waals surface area contributed by atoms with E-state index in [0.29, 0.717) is 5.70 Å². The van der Waals surface area contributed by atoms with Gasteiger partial charge in [-0.3, -0.25) is 4.79 Å². The molecule has 64 valence electrons. The van der Waals surface area contributed by atoms with Gasteiger partial charge in [0.15, 0.2) is 0 Å². The van der Waals surface area contributed by atoms with Gasteiger partial charge >= 0.3 is 5.91 Å². The zero-order chi connectivity index (χ0) is 9.26. The topological polar surface area (TPSA) is 67.8 Å². The van der Waals surface area contributed by atoms with E-state index in [1.165, 1.54) is 0 Å². The van der Waals surface area contributed by atoms with Crippen LogP contribution in [0.2, 0.25) is 0 Å². The van der Waals surface area contributed by atoms with Gasteiger partial charge in [0.2, 0.25) is 0 Å². The molecule has 0 saturated carbocycles. The van der Waals surface area contributed by atoms with Crippen molar-refractivity contribution < 1.29 is 4.79 Å². The molecule has 0 unspecified atom stereocenters. The Hall–Kier alpha value is -1.97. The first-order chi connectivity index (χ1) is 6.29. The van der Waals surface area contributed by atoms with E-state index in [-0.39, 0.29) is 5.70 Å². The molecule has 0 spiro atoms. The number of carbonyl (C=O) groups is 1. The Kier molecular flexibility index (Phi) is 1.66. The molecule has 4 nitrogen and oxygen atoms in total. The predicted octanol–water partition coefficient (Wildman–Crippen LogP) is 1.31. The molecule has 1 amide bonds.